The minimum absolute atomic E-state index is 0.0685. The van der Waals surface area contributed by atoms with E-state index in [1.165, 1.54) is 11.8 Å². The number of amides is 1. The smallest absolute Gasteiger partial charge is 0.244 e. The van der Waals surface area contributed by atoms with Gasteiger partial charge in [0.1, 0.15) is 17.7 Å². The highest BCUT2D eigenvalue weighted by atomic mass is 32.2. The van der Waals surface area contributed by atoms with Gasteiger partial charge in [0.25, 0.3) is 0 Å². The molecule has 5 nitrogen and oxygen atoms in total. The number of carbonyl (C=O) groups excluding carboxylic acids is 1. The molecule has 1 heterocycles. The van der Waals surface area contributed by atoms with Crippen LogP contribution >= 0.6 is 11.8 Å². The molecule has 0 aliphatic carbocycles. The molecule has 2 rings (SSSR count). The van der Waals surface area contributed by atoms with Crippen LogP contribution in [0.1, 0.15) is 20.3 Å². The summed E-state index contributed by atoms with van der Waals surface area (Å²) in [4.78, 5) is 11.8. The average Bonchev–Trinajstić information content (AvgIpc) is 2.96. The van der Waals surface area contributed by atoms with Crippen molar-refractivity contribution < 1.29 is 22.0 Å². The second-order valence-corrected chi connectivity index (χ2v) is 8.22. The molecule has 2 atom stereocenters. The summed E-state index contributed by atoms with van der Waals surface area (Å²) in [7, 11) is -4.15. The van der Waals surface area contributed by atoms with Crippen LogP contribution in [-0.4, -0.2) is 42.3 Å². The molecule has 1 saturated heterocycles. The zero-order valence-corrected chi connectivity index (χ0v) is 14.4. The molecule has 1 aromatic carbocycles. The van der Waals surface area contributed by atoms with E-state index in [2.05, 4.69) is 5.32 Å². The van der Waals surface area contributed by atoms with Crippen molar-refractivity contribution in [3.05, 3.63) is 29.8 Å². The summed E-state index contributed by atoms with van der Waals surface area (Å²) in [6.07, 6.45) is 0.716. The molecule has 1 aromatic rings. The fourth-order valence-corrected chi connectivity index (χ4v) is 5.32. The highest BCUT2D eigenvalue weighted by Crippen LogP contribution is 2.29. The summed E-state index contributed by atoms with van der Waals surface area (Å²) in [5.74, 6) is -1.98. The molecule has 23 heavy (non-hydrogen) atoms. The Morgan fingerprint density at radius 1 is 1.39 bits per heavy atom. The molecule has 0 bridgehead atoms. The average molecular weight is 364 g/mol. The standard InChI is InChI=1S/C14H18F2N2O3S2/c1-3-9(2)17-14(19)13-7-22-8-18(13)23(20,21)12-5-10(15)4-11(16)6-12/h4-6,9,13H,3,7-8H2,1-2H3,(H,17,19)/t9-,13+/m0/s1. The van der Waals surface area contributed by atoms with Crippen LogP contribution in [-0.2, 0) is 14.8 Å². The number of sulfonamides is 1. The summed E-state index contributed by atoms with van der Waals surface area (Å²) < 4.78 is 52.8. The number of benzene rings is 1. The van der Waals surface area contributed by atoms with E-state index < -0.39 is 38.5 Å². The van der Waals surface area contributed by atoms with Crippen LogP contribution in [0.15, 0.2) is 23.1 Å². The van der Waals surface area contributed by atoms with Gasteiger partial charge in [-0.05, 0) is 25.5 Å². The highest BCUT2D eigenvalue weighted by Gasteiger charge is 2.40. The summed E-state index contributed by atoms with van der Waals surface area (Å²) in [6, 6.07) is 1.15. The quantitative estimate of drug-likeness (QED) is 0.867. The van der Waals surface area contributed by atoms with Gasteiger partial charge in [0.15, 0.2) is 0 Å². The van der Waals surface area contributed by atoms with Crippen LogP contribution in [0.2, 0.25) is 0 Å². The molecule has 0 saturated carbocycles. The number of carbonyl (C=O) groups is 1. The Morgan fingerprint density at radius 3 is 2.57 bits per heavy atom. The van der Waals surface area contributed by atoms with Crippen LogP contribution < -0.4 is 5.32 Å². The van der Waals surface area contributed by atoms with E-state index in [0.29, 0.717) is 18.2 Å². The zero-order chi connectivity index (χ0) is 17.2. The van der Waals surface area contributed by atoms with Crippen LogP contribution in [0, 0.1) is 11.6 Å². The lowest BCUT2D eigenvalue weighted by Gasteiger charge is -2.24. The molecule has 1 N–H and O–H groups in total. The number of nitrogens with one attached hydrogen (secondary N) is 1. The van der Waals surface area contributed by atoms with E-state index in [9.17, 15) is 22.0 Å². The van der Waals surface area contributed by atoms with E-state index in [-0.39, 0.29) is 11.9 Å². The largest absolute Gasteiger partial charge is 0.352 e. The third kappa shape index (κ3) is 4.02. The van der Waals surface area contributed by atoms with Gasteiger partial charge in [0, 0.05) is 17.9 Å². The fraction of sp³-hybridized carbons (Fsp3) is 0.500. The molecule has 0 spiro atoms. The predicted molar refractivity (Wildman–Crippen MR) is 84.4 cm³/mol. The van der Waals surface area contributed by atoms with Crippen molar-refractivity contribution in [3.8, 4) is 0 Å². The molecule has 0 radical (unpaired) electrons. The van der Waals surface area contributed by atoms with Gasteiger partial charge in [-0.2, -0.15) is 4.31 Å². The maximum absolute atomic E-state index is 13.3. The summed E-state index contributed by atoms with van der Waals surface area (Å²) >= 11 is 1.28. The van der Waals surface area contributed by atoms with Gasteiger partial charge in [0.2, 0.25) is 15.9 Å². The van der Waals surface area contributed by atoms with Gasteiger partial charge < -0.3 is 5.32 Å². The Balaban J connectivity index is 2.29. The Bertz CT molecular complexity index is 677. The van der Waals surface area contributed by atoms with Crippen molar-refractivity contribution in [3.63, 3.8) is 0 Å². The Hall–Kier alpha value is -1.19. The lowest BCUT2D eigenvalue weighted by Crippen LogP contribution is -2.49. The monoisotopic (exact) mass is 364 g/mol. The van der Waals surface area contributed by atoms with Crippen molar-refractivity contribution in [2.24, 2.45) is 0 Å². The third-order valence-electron chi connectivity index (χ3n) is 3.59. The number of thioether (sulfide) groups is 1. The first-order valence-electron chi connectivity index (χ1n) is 7.11. The lowest BCUT2D eigenvalue weighted by atomic mass is 10.2. The maximum Gasteiger partial charge on any atom is 0.244 e. The summed E-state index contributed by atoms with van der Waals surface area (Å²) in [5.41, 5.74) is 0. The minimum Gasteiger partial charge on any atom is -0.352 e. The molecule has 1 amide bonds. The molecule has 1 aliphatic rings. The predicted octanol–water partition coefficient (Wildman–Crippen LogP) is 1.94. The zero-order valence-electron chi connectivity index (χ0n) is 12.8. The normalized spacial score (nSPS) is 20.4. The van der Waals surface area contributed by atoms with E-state index in [4.69, 9.17) is 0 Å². The third-order valence-corrected chi connectivity index (χ3v) is 6.60. The number of rotatable bonds is 5. The van der Waals surface area contributed by atoms with Gasteiger partial charge >= 0.3 is 0 Å². The van der Waals surface area contributed by atoms with Crippen molar-refractivity contribution in [2.75, 3.05) is 11.6 Å². The van der Waals surface area contributed by atoms with Crippen LogP contribution in [0.5, 0.6) is 0 Å². The Morgan fingerprint density at radius 2 is 2.00 bits per heavy atom. The Labute approximate surface area is 138 Å². The van der Waals surface area contributed by atoms with Gasteiger partial charge in [0.05, 0.1) is 10.8 Å². The maximum atomic E-state index is 13.3. The van der Waals surface area contributed by atoms with Crippen LogP contribution in [0.25, 0.3) is 0 Å². The van der Waals surface area contributed by atoms with E-state index >= 15 is 0 Å². The van der Waals surface area contributed by atoms with Gasteiger partial charge in [-0.25, -0.2) is 17.2 Å². The molecule has 0 aromatic heterocycles. The molecule has 9 heteroatoms. The fourth-order valence-electron chi connectivity index (χ4n) is 2.12. The molecule has 1 aliphatic heterocycles. The second-order valence-electron chi connectivity index (χ2n) is 5.33. The molecule has 0 unspecified atom stereocenters. The van der Waals surface area contributed by atoms with Crippen molar-refractivity contribution >= 4 is 27.7 Å². The van der Waals surface area contributed by atoms with Gasteiger partial charge in [-0.1, -0.05) is 6.92 Å². The SMILES string of the molecule is CC[C@H](C)NC(=O)[C@H]1CSCN1S(=O)(=O)c1cc(F)cc(F)c1. The molecular formula is C14H18F2N2O3S2. The first kappa shape index (κ1) is 18.2. The summed E-state index contributed by atoms with van der Waals surface area (Å²) in [5, 5.41) is 2.74. The molecular weight excluding hydrogens is 346 g/mol. The van der Waals surface area contributed by atoms with Crippen LogP contribution in [0.3, 0.4) is 0 Å². The first-order valence-corrected chi connectivity index (χ1v) is 9.71. The minimum atomic E-state index is -4.15. The van der Waals surface area contributed by atoms with E-state index in [1.807, 2.05) is 13.8 Å². The highest BCUT2D eigenvalue weighted by molar-refractivity contribution is 8.00. The topological polar surface area (TPSA) is 66.5 Å². The van der Waals surface area contributed by atoms with Gasteiger partial charge in [-0.15, -0.1) is 11.8 Å². The number of hydrogen-bond donors (Lipinski definition) is 1. The van der Waals surface area contributed by atoms with E-state index in [0.717, 1.165) is 16.4 Å². The van der Waals surface area contributed by atoms with E-state index in [1.54, 1.807) is 0 Å². The number of halogens is 2. The van der Waals surface area contributed by atoms with Crippen molar-refractivity contribution in [2.45, 2.75) is 37.2 Å². The molecule has 128 valence electrons. The van der Waals surface area contributed by atoms with Crippen LogP contribution in [0.4, 0.5) is 8.78 Å². The number of hydrogen-bond acceptors (Lipinski definition) is 4. The van der Waals surface area contributed by atoms with Gasteiger partial charge in [-0.3, -0.25) is 4.79 Å². The second kappa shape index (κ2) is 7.14. The number of nitrogens with zero attached hydrogens (tertiary/aromatic N) is 1. The Kier molecular flexibility index (Phi) is 5.64. The van der Waals surface area contributed by atoms with Crippen molar-refractivity contribution in [1.82, 2.24) is 9.62 Å². The van der Waals surface area contributed by atoms with Crippen molar-refractivity contribution in [1.29, 1.82) is 0 Å². The summed E-state index contributed by atoms with van der Waals surface area (Å²) in [6.45, 7) is 3.72. The first-order chi connectivity index (χ1) is 10.8. The lowest BCUT2D eigenvalue weighted by molar-refractivity contribution is -0.124. The molecule has 1 fully saturated rings.